The van der Waals surface area contributed by atoms with Gasteiger partial charge in [-0.15, -0.1) is 0 Å². The summed E-state index contributed by atoms with van der Waals surface area (Å²) in [5, 5.41) is 17.6. The van der Waals surface area contributed by atoms with E-state index in [9.17, 15) is 9.90 Å². The van der Waals surface area contributed by atoms with Crippen molar-refractivity contribution in [1.82, 2.24) is 19.7 Å². The van der Waals surface area contributed by atoms with Crippen LogP contribution in [0.4, 0.5) is 5.82 Å². The molecule has 3 aromatic carbocycles. The molecule has 0 saturated carbocycles. The van der Waals surface area contributed by atoms with Gasteiger partial charge in [0.15, 0.2) is 0 Å². The van der Waals surface area contributed by atoms with Crippen LogP contribution in [0.25, 0.3) is 32.8 Å². The Morgan fingerprint density at radius 1 is 1.02 bits per heavy atom. The maximum atomic E-state index is 11.5. The summed E-state index contributed by atoms with van der Waals surface area (Å²) in [7, 11) is 0. The highest BCUT2D eigenvalue weighted by Crippen LogP contribution is 2.35. The van der Waals surface area contributed by atoms with Crippen molar-refractivity contribution in [1.29, 1.82) is 0 Å². The van der Waals surface area contributed by atoms with Crippen molar-refractivity contribution in [2.24, 2.45) is 5.92 Å². The number of fused-ring (bicyclic) bond motifs is 2. The highest BCUT2D eigenvalue weighted by atomic mass is 16.5. The SMILES string of the molecule is CC(C)CCN1CCC(n2nc3ccc(-c4cccc5c(N)nccc45)cc3c2COc2ccccc2CC(=O)O)CC1. The van der Waals surface area contributed by atoms with Crippen LogP contribution in [0.15, 0.2) is 72.9 Å². The molecule has 0 amide bonds. The first-order valence-electron chi connectivity index (χ1n) is 15.2. The first-order chi connectivity index (χ1) is 20.9. The van der Waals surface area contributed by atoms with Gasteiger partial charge >= 0.3 is 5.97 Å². The average molecular weight is 578 g/mol. The van der Waals surface area contributed by atoms with Gasteiger partial charge in [-0.1, -0.05) is 56.3 Å². The number of ether oxygens (including phenoxy) is 1. The number of hydrogen-bond acceptors (Lipinski definition) is 6. The maximum absolute atomic E-state index is 11.5. The van der Waals surface area contributed by atoms with E-state index in [1.807, 2.05) is 42.5 Å². The summed E-state index contributed by atoms with van der Waals surface area (Å²) < 4.78 is 8.56. The molecule has 8 heteroatoms. The lowest BCUT2D eigenvalue weighted by Crippen LogP contribution is -2.36. The molecule has 0 radical (unpaired) electrons. The number of aromatic nitrogens is 3. The molecule has 1 aliphatic heterocycles. The van der Waals surface area contributed by atoms with E-state index in [-0.39, 0.29) is 19.1 Å². The molecule has 3 heterocycles. The van der Waals surface area contributed by atoms with Crippen molar-refractivity contribution >= 4 is 33.5 Å². The van der Waals surface area contributed by atoms with Gasteiger partial charge in [0.25, 0.3) is 0 Å². The highest BCUT2D eigenvalue weighted by molar-refractivity contribution is 6.02. The molecule has 0 atom stereocenters. The number of likely N-dealkylation sites (tertiary alicyclic amines) is 1. The van der Waals surface area contributed by atoms with Crippen LogP contribution in [0.1, 0.15) is 50.4 Å². The number of pyridine rings is 1. The Kier molecular flexibility index (Phi) is 8.29. The number of hydrogen-bond donors (Lipinski definition) is 2. The molecule has 1 fully saturated rings. The van der Waals surface area contributed by atoms with Gasteiger partial charge in [-0.2, -0.15) is 5.10 Å². The fraction of sp³-hybridized carbons (Fsp3) is 0.343. The second kappa shape index (κ2) is 12.4. The van der Waals surface area contributed by atoms with E-state index < -0.39 is 5.97 Å². The number of piperidine rings is 1. The predicted octanol–water partition coefficient (Wildman–Crippen LogP) is 6.72. The van der Waals surface area contributed by atoms with E-state index in [1.54, 1.807) is 6.20 Å². The minimum absolute atomic E-state index is 0.0891. The largest absolute Gasteiger partial charge is 0.487 e. The number of nitrogens with zero attached hydrogens (tertiary/aromatic N) is 4. The molecule has 6 rings (SSSR count). The van der Waals surface area contributed by atoms with E-state index in [0.717, 1.165) is 71.0 Å². The minimum atomic E-state index is -0.883. The molecular formula is C35H39N5O3. The van der Waals surface area contributed by atoms with Gasteiger partial charge in [-0.3, -0.25) is 9.48 Å². The van der Waals surface area contributed by atoms with Gasteiger partial charge in [0, 0.05) is 35.6 Å². The van der Waals surface area contributed by atoms with Crippen LogP contribution in [0.5, 0.6) is 5.75 Å². The monoisotopic (exact) mass is 577 g/mol. The third-order valence-electron chi connectivity index (χ3n) is 8.55. The van der Waals surface area contributed by atoms with Crippen LogP contribution < -0.4 is 10.5 Å². The van der Waals surface area contributed by atoms with Gasteiger partial charge in [0.2, 0.25) is 0 Å². The lowest BCUT2D eigenvalue weighted by atomic mass is 9.97. The quantitative estimate of drug-likeness (QED) is 0.190. The van der Waals surface area contributed by atoms with Gasteiger partial charge in [-0.25, -0.2) is 4.98 Å². The second-order valence-electron chi connectivity index (χ2n) is 11.9. The first kappa shape index (κ1) is 28.7. The summed E-state index contributed by atoms with van der Waals surface area (Å²) in [4.78, 5) is 18.3. The zero-order valence-corrected chi connectivity index (χ0v) is 24.9. The number of carbonyl (C=O) groups is 1. The van der Waals surface area contributed by atoms with E-state index in [2.05, 4.69) is 52.7 Å². The van der Waals surface area contributed by atoms with Crippen molar-refractivity contribution in [3.63, 3.8) is 0 Å². The Morgan fingerprint density at radius 2 is 1.84 bits per heavy atom. The Morgan fingerprint density at radius 3 is 2.63 bits per heavy atom. The van der Waals surface area contributed by atoms with Crippen molar-refractivity contribution in [3.05, 3.63) is 84.2 Å². The van der Waals surface area contributed by atoms with Crippen molar-refractivity contribution in [2.45, 2.75) is 52.2 Å². The molecule has 0 bridgehead atoms. The third kappa shape index (κ3) is 6.20. The molecule has 3 N–H and O–H groups in total. The number of aliphatic carboxylic acids is 1. The Hall–Kier alpha value is -4.43. The molecule has 2 aromatic heterocycles. The van der Waals surface area contributed by atoms with Crippen LogP contribution in [0.2, 0.25) is 0 Å². The van der Waals surface area contributed by atoms with Crippen LogP contribution >= 0.6 is 0 Å². The van der Waals surface area contributed by atoms with Crippen molar-refractivity contribution in [3.8, 4) is 16.9 Å². The summed E-state index contributed by atoms with van der Waals surface area (Å²) >= 11 is 0. The summed E-state index contributed by atoms with van der Waals surface area (Å²) in [5.74, 6) is 0.918. The van der Waals surface area contributed by atoms with Crippen LogP contribution in [0.3, 0.4) is 0 Å². The topological polar surface area (TPSA) is 107 Å². The molecule has 1 aliphatic rings. The van der Waals surface area contributed by atoms with Crippen molar-refractivity contribution in [2.75, 3.05) is 25.4 Å². The lowest BCUT2D eigenvalue weighted by molar-refractivity contribution is -0.136. The number of rotatable bonds is 10. The molecule has 0 aliphatic carbocycles. The zero-order valence-electron chi connectivity index (χ0n) is 24.9. The lowest BCUT2D eigenvalue weighted by Gasteiger charge is -2.33. The number of nitrogens with two attached hydrogens (primary N) is 1. The minimum Gasteiger partial charge on any atom is -0.487 e. The summed E-state index contributed by atoms with van der Waals surface area (Å²) in [6.07, 6.45) is 4.92. The first-order valence-corrected chi connectivity index (χ1v) is 15.2. The van der Waals surface area contributed by atoms with Crippen LogP contribution in [-0.2, 0) is 17.8 Å². The summed E-state index contributed by atoms with van der Waals surface area (Å²) in [6, 6.07) is 22.2. The molecule has 0 spiro atoms. The predicted molar refractivity (Wildman–Crippen MR) is 171 cm³/mol. The van der Waals surface area contributed by atoms with Gasteiger partial charge in [0.05, 0.1) is 23.7 Å². The van der Waals surface area contributed by atoms with Gasteiger partial charge in [0.1, 0.15) is 18.2 Å². The fourth-order valence-electron chi connectivity index (χ4n) is 6.18. The fourth-order valence-corrected chi connectivity index (χ4v) is 6.18. The number of benzene rings is 3. The number of carboxylic acids is 1. The Balaban J connectivity index is 1.38. The van der Waals surface area contributed by atoms with E-state index in [0.29, 0.717) is 23.0 Å². The normalized spacial score (nSPS) is 14.6. The van der Waals surface area contributed by atoms with E-state index in [4.69, 9.17) is 15.6 Å². The number of nitrogen functional groups attached to an aromatic ring is 1. The Bertz CT molecular complexity index is 1750. The standard InChI is InChI=1S/C35H39N5O3/c1-23(2)13-17-39-18-14-26(15-19-39)40-32(22-43-33-9-4-3-6-25(33)21-34(41)42)30-20-24(10-11-31(30)38-40)27-7-5-8-29-28(27)12-16-37-35(29)36/h3-12,16,20,23,26H,13-15,17-19,21-22H2,1-2H3,(H2,36,37)(H,41,42). The molecule has 43 heavy (non-hydrogen) atoms. The highest BCUT2D eigenvalue weighted by Gasteiger charge is 2.25. The van der Waals surface area contributed by atoms with Crippen molar-refractivity contribution < 1.29 is 14.6 Å². The van der Waals surface area contributed by atoms with E-state index >= 15 is 0 Å². The average Bonchev–Trinajstić information content (AvgIpc) is 3.37. The molecule has 0 unspecified atom stereocenters. The molecule has 222 valence electrons. The zero-order chi connectivity index (χ0) is 29.9. The number of carboxylic acid groups (broad SMARTS) is 1. The molecule has 8 nitrogen and oxygen atoms in total. The van der Waals surface area contributed by atoms with Crippen LogP contribution in [0, 0.1) is 5.92 Å². The number of para-hydroxylation sites is 1. The van der Waals surface area contributed by atoms with Gasteiger partial charge < -0.3 is 20.5 Å². The van der Waals surface area contributed by atoms with E-state index in [1.165, 1.54) is 6.42 Å². The van der Waals surface area contributed by atoms with Crippen LogP contribution in [-0.4, -0.2) is 50.4 Å². The smallest absolute Gasteiger partial charge is 0.307 e. The summed E-state index contributed by atoms with van der Waals surface area (Å²) in [6.45, 7) is 8.08. The molecule has 5 aromatic rings. The number of anilines is 1. The third-order valence-corrected chi connectivity index (χ3v) is 8.55. The molecule has 1 saturated heterocycles. The summed E-state index contributed by atoms with van der Waals surface area (Å²) in [5.41, 5.74) is 10.9. The maximum Gasteiger partial charge on any atom is 0.307 e. The van der Waals surface area contributed by atoms with Gasteiger partial charge in [-0.05, 0) is 72.5 Å². The Labute approximate surface area is 252 Å². The molecular weight excluding hydrogens is 538 g/mol. The second-order valence-corrected chi connectivity index (χ2v) is 11.9.